The molecule has 0 saturated carbocycles. The van der Waals surface area contributed by atoms with Gasteiger partial charge in [-0.3, -0.25) is 0 Å². The van der Waals surface area contributed by atoms with E-state index in [4.69, 9.17) is 0 Å². The summed E-state index contributed by atoms with van der Waals surface area (Å²) in [6, 6.07) is 12.5. The molecular formula is C16H20BrN3. The predicted molar refractivity (Wildman–Crippen MR) is 89.5 cm³/mol. The van der Waals surface area contributed by atoms with Crippen molar-refractivity contribution in [1.82, 2.24) is 4.98 Å². The third kappa shape index (κ3) is 4.23. The second-order valence-electron chi connectivity index (χ2n) is 4.86. The van der Waals surface area contributed by atoms with Crippen LogP contribution in [0.1, 0.15) is 12.0 Å². The van der Waals surface area contributed by atoms with E-state index in [9.17, 15) is 0 Å². The van der Waals surface area contributed by atoms with Gasteiger partial charge in [0.25, 0.3) is 0 Å². The summed E-state index contributed by atoms with van der Waals surface area (Å²) >= 11 is 3.46. The molecule has 0 aliphatic carbocycles. The summed E-state index contributed by atoms with van der Waals surface area (Å²) in [5.41, 5.74) is 2.45. The second kappa shape index (κ2) is 7.29. The zero-order valence-electron chi connectivity index (χ0n) is 11.9. The Morgan fingerprint density at radius 2 is 2.00 bits per heavy atom. The Bertz CT molecular complexity index is 543. The van der Waals surface area contributed by atoms with Gasteiger partial charge in [-0.1, -0.05) is 18.2 Å². The normalized spacial score (nSPS) is 10.3. The Balaban J connectivity index is 1.75. The quantitative estimate of drug-likeness (QED) is 0.807. The van der Waals surface area contributed by atoms with Gasteiger partial charge >= 0.3 is 0 Å². The Hall–Kier alpha value is -1.55. The molecule has 2 rings (SSSR count). The smallest absolute Gasteiger partial charge is 0.126 e. The number of nitrogens with one attached hydrogen (secondary N) is 1. The molecule has 1 aromatic heterocycles. The van der Waals surface area contributed by atoms with Crippen LogP contribution in [0.5, 0.6) is 0 Å². The first-order valence-electron chi connectivity index (χ1n) is 6.79. The molecule has 0 bridgehead atoms. The van der Waals surface area contributed by atoms with Gasteiger partial charge in [0.05, 0.1) is 0 Å². The molecule has 0 amide bonds. The highest BCUT2D eigenvalue weighted by molar-refractivity contribution is 9.10. The van der Waals surface area contributed by atoms with Gasteiger partial charge in [-0.15, -0.1) is 0 Å². The summed E-state index contributed by atoms with van der Waals surface area (Å²) in [4.78, 5) is 6.61. The van der Waals surface area contributed by atoms with E-state index in [0.717, 1.165) is 29.8 Å². The summed E-state index contributed by atoms with van der Waals surface area (Å²) in [7, 11) is 2.12. The van der Waals surface area contributed by atoms with E-state index in [0.29, 0.717) is 0 Å². The maximum Gasteiger partial charge on any atom is 0.126 e. The zero-order valence-corrected chi connectivity index (χ0v) is 13.5. The molecule has 20 heavy (non-hydrogen) atoms. The van der Waals surface area contributed by atoms with Crippen molar-refractivity contribution >= 4 is 27.4 Å². The molecule has 1 aromatic carbocycles. The predicted octanol–water partition coefficient (Wildman–Crippen LogP) is 4.09. The fraction of sp³-hybridized carbons (Fsp3) is 0.312. The summed E-state index contributed by atoms with van der Waals surface area (Å²) < 4.78 is 1.05. The number of benzene rings is 1. The summed E-state index contributed by atoms with van der Waals surface area (Å²) in [5, 5.41) is 3.36. The highest BCUT2D eigenvalue weighted by Crippen LogP contribution is 2.17. The lowest BCUT2D eigenvalue weighted by Crippen LogP contribution is -2.20. The minimum atomic E-state index is 0.922. The maximum atomic E-state index is 4.34. The number of aromatic nitrogens is 1. The maximum absolute atomic E-state index is 4.34. The number of nitrogens with zero attached hydrogens (tertiary/aromatic N) is 2. The molecule has 2 aromatic rings. The Kier molecular flexibility index (Phi) is 5.41. The van der Waals surface area contributed by atoms with Crippen molar-refractivity contribution in [2.24, 2.45) is 0 Å². The molecule has 3 nitrogen and oxygen atoms in total. The van der Waals surface area contributed by atoms with Crippen molar-refractivity contribution in [2.75, 3.05) is 30.4 Å². The van der Waals surface area contributed by atoms with Crippen LogP contribution in [0.2, 0.25) is 0 Å². The SMILES string of the molecule is Cc1cc(NCCCN(C)c2ccccc2)ncc1Br. The van der Waals surface area contributed by atoms with Gasteiger partial charge in [-0.05, 0) is 53.0 Å². The van der Waals surface area contributed by atoms with E-state index in [2.05, 4.69) is 75.4 Å². The molecule has 0 spiro atoms. The van der Waals surface area contributed by atoms with E-state index < -0.39 is 0 Å². The summed E-state index contributed by atoms with van der Waals surface area (Å²) in [6.45, 7) is 4.01. The lowest BCUT2D eigenvalue weighted by Gasteiger charge is -2.19. The molecule has 4 heteroatoms. The molecule has 1 heterocycles. The molecular weight excluding hydrogens is 314 g/mol. The van der Waals surface area contributed by atoms with Crippen LogP contribution in [0, 0.1) is 6.92 Å². The number of rotatable bonds is 6. The first-order valence-corrected chi connectivity index (χ1v) is 7.58. The topological polar surface area (TPSA) is 28.2 Å². The lowest BCUT2D eigenvalue weighted by atomic mass is 10.3. The van der Waals surface area contributed by atoms with E-state index in [1.807, 2.05) is 12.3 Å². The van der Waals surface area contributed by atoms with E-state index in [1.54, 1.807) is 0 Å². The van der Waals surface area contributed by atoms with Crippen LogP contribution in [-0.2, 0) is 0 Å². The summed E-state index contributed by atoms with van der Waals surface area (Å²) in [6.07, 6.45) is 2.91. The third-order valence-corrected chi connectivity index (χ3v) is 4.05. The molecule has 106 valence electrons. The highest BCUT2D eigenvalue weighted by Gasteiger charge is 2.01. The molecule has 0 unspecified atom stereocenters. The molecule has 0 aliphatic rings. The Labute approximate surface area is 129 Å². The van der Waals surface area contributed by atoms with Gasteiger partial charge in [-0.2, -0.15) is 0 Å². The molecule has 0 saturated heterocycles. The first kappa shape index (κ1) is 14.9. The van der Waals surface area contributed by atoms with Crippen molar-refractivity contribution in [3.8, 4) is 0 Å². The van der Waals surface area contributed by atoms with Crippen LogP contribution in [0.3, 0.4) is 0 Å². The third-order valence-electron chi connectivity index (χ3n) is 3.22. The minimum Gasteiger partial charge on any atom is -0.375 e. The Morgan fingerprint density at radius 1 is 1.25 bits per heavy atom. The van der Waals surface area contributed by atoms with Crippen molar-refractivity contribution in [3.63, 3.8) is 0 Å². The largest absolute Gasteiger partial charge is 0.375 e. The van der Waals surface area contributed by atoms with Crippen LogP contribution in [0.15, 0.2) is 47.1 Å². The lowest BCUT2D eigenvalue weighted by molar-refractivity contribution is 0.814. The van der Waals surface area contributed by atoms with Crippen molar-refractivity contribution in [1.29, 1.82) is 0 Å². The standard InChI is InChI=1S/C16H20BrN3/c1-13-11-16(19-12-15(13)17)18-9-6-10-20(2)14-7-4-3-5-8-14/h3-5,7-8,11-12H,6,9-10H2,1-2H3,(H,18,19). The number of hydrogen-bond acceptors (Lipinski definition) is 3. The minimum absolute atomic E-state index is 0.922. The van der Waals surface area contributed by atoms with Crippen molar-refractivity contribution in [3.05, 3.63) is 52.6 Å². The van der Waals surface area contributed by atoms with E-state index in [-0.39, 0.29) is 0 Å². The zero-order chi connectivity index (χ0) is 14.4. The molecule has 1 N–H and O–H groups in total. The van der Waals surface area contributed by atoms with Crippen LogP contribution in [0.4, 0.5) is 11.5 Å². The van der Waals surface area contributed by atoms with E-state index >= 15 is 0 Å². The van der Waals surface area contributed by atoms with Crippen LogP contribution in [-0.4, -0.2) is 25.1 Å². The van der Waals surface area contributed by atoms with Gasteiger partial charge in [0.1, 0.15) is 5.82 Å². The number of halogens is 1. The van der Waals surface area contributed by atoms with Gasteiger partial charge in [0, 0.05) is 36.5 Å². The molecule has 0 aliphatic heterocycles. The van der Waals surface area contributed by atoms with Crippen LogP contribution < -0.4 is 10.2 Å². The number of anilines is 2. The Morgan fingerprint density at radius 3 is 2.70 bits per heavy atom. The summed E-state index contributed by atoms with van der Waals surface area (Å²) in [5.74, 6) is 0.938. The van der Waals surface area contributed by atoms with Crippen molar-refractivity contribution in [2.45, 2.75) is 13.3 Å². The van der Waals surface area contributed by atoms with E-state index in [1.165, 1.54) is 11.3 Å². The van der Waals surface area contributed by atoms with Gasteiger partial charge in [0.2, 0.25) is 0 Å². The number of pyridine rings is 1. The van der Waals surface area contributed by atoms with Gasteiger partial charge < -0.3 is 10.2 Å². The van der Waals surface area contributed by atoms with Gasteiger partial charge in [-0.25, -0.2) is 4.98 Å². The molecule has 0 radical (unpaired) electrons. The number of para-hydroxylation sites is 1. The van der Waals surface area contributed by atoms with Crippen LogP contribution in [0.25, 0.3) is 0 Å². The first-order chi connectivity index (χ1) is 9.66. The fourth-order valence-electron chi connectivity index (χ4n) is 1.98. The monoisotopic (exact) mass is 333 g/mol. The molecule has 0 fully saturated rings. The number of hydrogen-bond donors (Lipinski definition) is 1. The number of aryl methyl sites for hydroxylation is 1. The fourth-order valence-corrected chi connectivity index (χ4v) is 2.20. The van der Waals surface area contributed by atoms with Gasteiger partial charge in [0.15, 0.2) is 0 Å². The second-order valence-corrected chi connectivity index (χ2v) is 5.71. The average Bonchev–Trinajstić information content (AvgIpc) is 2.48. The average molecular weight is 334 g/mol. The highest BCUT2D eigenvalue weighted by atomic mass is 79.9. The molecule has 0 atom stereocenters. The van der Waals surface area contributed by atoms with Crippen LogP contribution >= 0.6 is 15.9 Å². The van der Waals surface area contributed by atoms with Crippen molar-refractivity contribution < 1.29 is 0 Å².